The molecule has 4 nitrogen and oxygen atoms in total. The number of nitrogens with one attached hydrogen (secondary N) is 1. The average Bonchev–Trinajstić information content (AvgIpc) is 2.95. The van der Waals surface area contributed by atoms with Crippen molar-refractivity contribution in [1.82, 2.24) is 5.32 Å². The Balaban J connectivity index is 1.23. The smallest absolute Gasteiger partial charge is 0.337 e. The number of hydrogen-bond acceptors (Lipinski definition) is 4. The zero-order chi connectivity index (χ0) is 25.8. The van der Waals surface area contributed by atoms with Gasteiger partial charge in [-0.3, -0.25) is 0 Å². The third-order valence-corrected chi connectivity index (χ3v) is 7.35. The number of methoxy groups -OCH3 is 1. The molecule has 0 aromatic heterocycles. The fraction of sp³-hybridized carbons (Fsp3) is 0.281. The van der Waals surface area contributed by atoms with Crippen LogP contribution in [-0.2, 0) is 4.74 Å². The van der Waals surface area contributed by atoms with Crippen LogP contribution in [-0.4, -0.2) is 25.7 Å². The quantitative estimate of drug-likeness (QED) is 0.207. The van der Waals surface area contributed by atoms with Gasteiger partial charge in [0.25, 0.3) is 0 Å². The van der Waals surface area contributed by atoms with E-state index in [4.69, 9.17) is 9.47 Å². The molecule has 0 fully saturated rings. The fourth-order valence-corrected chi connectivity index (χ4v) is 5.38. The lowest BCUT2D eigenvalue weighted by molar-refractivity contribution is 0.0600. The van der Waals surface area contributed by atoms with E-state index in [-0.39, 0.29) is 29.9 Å². The van der Waals surface area contributed by atoms with Crippen LogP contribution >= 0.6 is 0 Å². The predicted octanol–water partition coefficient (Wildman–Crippen LogP) is 7.18. The summed E-state index contributed by atoms with van der Waals surface area (Å²) in [4.78, 5) is 11.9. The molecule has 1 aliphatic rings. The van der Waals surface area contributed by atoms with Gasteiger partial charge in [0.15, 0.2) is 0 Å². The highest BCUT2D eigenvalue weighted by molar-refractivity contribution is 5.89. The molecule has 0 bridgehead atoms. The molecule has 4 aromatic carbocycles. The minimum atomic E-state index is -0.327. The van der Waals surface area contributed by atoms with Crippen LogP contribution in [0.25, 0.3) is 10.8 Å². The summed E-state index contributed by atoms with van der Waals surface area (Å²) in [5.74, 6) is 0.627. The van der Waals surface area contributed by atoms with E-state index in [1.165, 1.54) is 18.2 Å². The van der Waals surface area contributed by atoms with Gasteiger partial charge in [-0.1, -0.05) is 60.7 Å². The van der Waals surface area contributed by atoms with Crippen LogP contribution < -0.4 is 10.1 Å². The molecule has 1 N–H and O–H groups in total. The number of halogens is 1. The third kappa shape index (κ3) is 5.37. The minimum absolute atomic E-state index is 0.101. The van der Waals surface area contributed by atoms with Crippen LogP contribution in [0.5, 0.6) is 5.75 Å². The highest BCUT2D eigenvalue weighted by Gasteiger charge is 2.29. The maximum absolute atomic E-state index is 14.2. The standard InChI is InChI=1S/C32H32FNO3/c1-21(25-17-18-30(33)27-10-4-3-9-26(25)27)34-19-7-8-24-20-29(28-11-5-6-12-31(28)37-24)22-13-15-23(16-14-22)32(35)36-2/h3-6,9-18,21,24,29,34H,7-8,19-20H2,1-2H3/t21-,24-,29+/m1/s1. The van der Waals surface area contributed by atoms with E-state index in [1.54, 1.807) is 6.07 Å². The number of hydrogen-bond donors (Lipinski definition) is 1. The molecular formula is C32H32FNO3. The number of rotatable bonds is 8. The summed E-state index contributed by atoms with van der Waals surface area (Å²) >= 11 is 0. The zero-order valence-corrected chi connectivity index (χ0v) is 21.2. The van der Waals surface area contributed by atoms with Crippen molar-refractivity contribution >= 4 is 16.7 Å². The summed E-state index contributed by atoms with van der Waals surface area (Å²) in [6.07, 6.45) is 2.87. The number of esters is 1. The molecule has 0 saturated heterocycles. The van der Waals surface area contributed by atoms with Gasteiger partial charge < -0.3 is 14.8 Å². The van der Waals surface area contributed by atoms with Gasteiger partial charge in [0, 0.05) is 22.9 Å². The van der Waals surface area contributed by atoms with E-state index in [0.717, 1.165) is 42.5 Å². The molecule has 0 aliphatic carbocycles. The molecule has 5 heteroatoms. The van der Waals surface area contributed by atoms with Crippen molar-refractivity contribution in [2.45, 2.75) is 44.2 Å². The SMILES string of the molecule is COC(=O)c1ccc([C@@H]2C[C@@H](CCCN[C@H](C)c3ccc(F)c4ccccc34)Oc3ccccc32)cc1. The molecule has 0 saturated carbocycles. The van der Waals surface area contributed by atoms with Crippen molar-refractivity contribution < 1.29 is 18.7 Å². The first-order chi connectivity index (χ1) is 18.0. The van der Waals surface area contributed by atoms with Crippen molar-refractivity contribution in [3.63, 3.8) is 0 Å². The number of carbonyl (C=O) groups is 1. The van der Waals surface area contributed by atoms with Gasteiger partial charge >= 0.3 is 5.97 Å². The van der Waals surface area contributed by atoms with Crippen molar-refractivity contribution in [3.8, 4) is 5.75 Å². The molecule has 3 atom stereocenters. The summed E-state index contributed by atoms with van der Waals surface area (Å²) in [6, 6.07) is 27.1. The Hall–Kier alpha value is -3.70. The second kappa shape index (κ2) is 11.1. The van der Waals surface area contributed by atoms with E-state index in [0.29, 0.717) is 10.9 Å². The minimum Gasteiger partial charge on any atom is -0.490 e. The Morgan fingerprint density at radius 3 is 2.51 bits per heavy atom. The predicted molar refractivity (Wildman–Crippen MR) is 145 cm³/mol. The normalized spacial score (nSPS) is 17.6. The van der Waals surface area contributed by atoms with Crippen molar-refractivity contribution in [1.29, 1.82) is 0 Å². The van der Waals surface area contributed by atoms with Gasteiger partial charge in [0.2, 0.25) is 0 Å². The van der Waals surface area contributed by atoms with Crippen LogP contribution in [0.15, 0.2) is 84.9 Å². The number of carbonyl (C=O) groups excluding carboxylic acids is 1. The molecule has 1 heterocycles. The monoisotopic (exact) mass is 497 g/mol. The summed E-state index contributed by atoms with van der Waals surface area (Å²) < 4.78 is 25.4. The molecule has 0 amide bonds. The number of para-hydroxylation sites is 1. The molecule has 5 rings (SSSR count). The van der Waals surface area contributed by atoms with Gasteiger partial charge in [-0.2, -0.15) is 0 Å². The lowest BCUT2D eigenvalue weighted by Crippen LogP contribution is -2.28. The van der Waals surface area contributed by atoms with Crippen LogP contribution in [0.4, 0.5) is 4.39 Å². The van der Waals surface area contributed by atoms with Gasteiger partial charge in [0.05, 0.1) is 18.8 Å². The Bertz CT molecular complexity index is 1380. The van der Waals surface area contributed by atoms with E-state index >= 15 is 0 Å². The lowest BCUT2D eigenvalue weighted by atomic mass is 9.83. The topological polar surface area (TPSA) is 47.6 Å². The first-order valence-corrected chi connectivity index (χ1v) is 12.9. The van der Waals surface area contributed by atoms with Gasteiger partial charge in [-0.15, -0.1) is 0 Å². The first-order valence-electron chi connectivity index (χ1n) is 12.9. The number of ether oxygens (including phenoxy) is 2. The van der Waals surface area contributed by atoms with Crippen LogP contribution in [0.1, 0.15) is 65.2 Å². The largest absolute Gasteiger partial charge is 0.490 e. The summed E-state index contributed by atoms with van der Waals surface area (Å²) in [6.45, 7) is 2.97. The molecular weight excluding hydrogens is 465 g/mol. The van der Waals surface area contributed by atoms with Gasteiger partial charge in [-0.05, 0) is 73.5 Å². The van der Waals surface area contributed by atoms with Crippen LogP contribution in [0.3, 0.4) is 0 Å². The zero-order valence-electron chi connectivity index (χ0n) is 21.2. The average molecular weight is 498 g/mol. The van der Waals surface area contributed by atoms with Gasteiger partial charge in [-0.25, -0.2) is 9.18 Å². The summed E-state index contributed by atoms with van der Waals surface area (Å²) in [5.41, 5.74) is 4.01. The highest BCUT2D eigenvalue weighted by Crippen LogP contribution is 2.41. The second-order valence-electron chi connectivity index (χ2n) is 9.68. The van der Waals surface area contributed by atoms with E-state index in [9.17, 15) is 9.18 Å². The summed E-state index contributed by atoms with van der Waals surface area (Å²) in [5, 5.41) is 5.23. The van der Waals surface area contributed by atoms with Crippen LogP contribution in [0.2, 0.25) is 0 Å². The summed E-state index contributed by atoms with van der Waals surface area (Å²) in [7, 11) is 1.40. The number of benzene rings is 4. The van der Waals surface area contributed by atoms with Crippen molar-refractivity contribution in [3.05, 3.63) is 113 Å². The molecule has 4 aromatic rings. The number of fused-ring (bicyclic) bond motifs is 2. The molecule has 190 valence electrons. The Morgan fingerprint density at radius 1 is 1.00 bits per heavy atom. The van der Waals surface area contributed by atoms with Gasteiger partial charge in [0.1, 0.15) is 11.6 Å². The molecule has 1 aliphatic heterocycles. The lowest BCUT2D eigenvalue weighted by Gasteiger charge is -2.33. The van der Waals surface area contributed by atoms with Crippen molar-refractivity contribution in [2.24, 2.45) is 0 Å². The third-order valence-electron chi connectivity index (χ3n) is 7.35. The van der Waals surface area contributed by atoms with Crippen LogP contribution in [0, 0.1) is 5.82 Å². The van der Waals surface area contributed by atoms with Crippen molar-refractivity contribution in [2.75, 3.05) is 13.7 Å². The Kier molecular flexibility index (Phi) is 7.52. The van der Waals surface area contributed by atoms with E-state index in [1.807, 2.05) is 72.8 Å². The second-order valence-corrected chi connectivity index (χ2v) is 9.68. The molecule has 0 spiro atoms. The molecule has 0 unspecified atom stereocenters. The first kappa shape index (κ1) is 25.0. The maximum atomic E-state index is 14.2. The Labute approximate surface area is 217 Å². The Morgan fingerprint density at radius 2 is 1.73 bits per heavy atom. The molecule has 0 radical (unpaired) electrons. The fourth-order valence-electron chi connectivity index (χ4n) is 5.38. The maximum Gasteiger partial charge on any atom is 0.337 e. The van der Waals surface area contributed by atoms with E-state index in [2.05, 4.69) is 18.3 Å². The highest BCUT2D eigenvalue weighted by atomic mass is 19.1. The van der Waals surface area contributed by atoms with E-state index < -0.39 is 0 Å². The molecule has 37 heavy (non-hydrogen) atoms.